The molecule has 134 valence electrons. The monoisotopic (exact) mass is 360 g/mol. The number of rotatable bonds is 8. The van der Waals surface area contributed by atoms with Crippen LogP contribution >= 0.6 is 11.3 Å². The Balaban J connectivity index is 1.52. The van der Waals surface area contributed by atoms with E-state index in [4.69, 9.17) is 9.47 Å². The van der Waals surface area contributed by atoms with Gasteiger partial charge in [0.25, 0.3) is 0 Å². The van der Waals surface area contributed by atoms with Gasteiger partial charge in [-0.05, 0) is 48.4 Å². The summed E-state index contributed by atoms with van der Waals surface area (Å²) in [7, 11) is 3.25. The fourth-order valence-electron chi connectivity index (χ4n) is 2.77. The zero-order valence-electron chi connectivity index (χ0n) is 14.7. The number of nitrogens with one attached hydrogen (secondary N) is 1. The Bertz CT molecular complexity index is 699. The maximum atomic E-state index is 12.5. The molecule has 0 aliphatic heterocycles. The molecule has 1 N–H and O–H groups in total. The Labute approximate surface area is 152 Å². The van der Waals surface area contributed by atoms with Gasteiger partial charge in [0.05, 0.1) is 20.8 Å². The Hall–Kier alpha value is -2.21. The van der Waals surface area contributed by atoms with Crippen molar-refractivity contribution in [1.29, 1.82) is 0 Å². The maximum absolute atomic E-state index is 12.5. The van der Waals surface area contributed by atoms with Crippen molar-refractivity contribution >= 4 is 17.4 Å². The van der Waals surface area contributed by atoms with Crippen molar-refractivity contribution in [2.45, 2.75) is 31.8 Å². The highest BCUT2D eigenvalue weighted by atomic mass is 32.1. The third-order valence-corrected chi connectivity index (χ3v) is 5.15. The van der Waals surface area contributed by atoms with Crippen LogP contribution in [0.5, 0.6) is 11.5 Å². The van der Waals surface area contributed by atoms with Crippen molar-refractivity contribution in [1.82, 2.24) is 10.2 Å². The number of urea groups is 1. The highest BCUT2D eigenvalue weighted by Gasteiger charge is 2.32. The van der Waals surface area contributed by atoms with E-state index in [1.165, 1.54) is 4.88 Å². The lowest BCUT2D eigenvalue weighted by Gasteiger charge is -2.22. The summed E-state index contributed by atoms with van der Waals surface area (Å²) in [6.07, 6.45) is 2.96. The number of thiophene rings is 1. The summed E-state index contributed by atoms with van der Waals surface area (Å²) in [6.45, 7) is 1.30. The van der Waals surface area contributed by atoms with Crippen molar-refractivity contribution in [2.24, 2.45) is 0 Å². The molecule has 1 heterocycles. The highest BCUT2D eigenvalue weighted by Crippen LogP contribution is 2.29. The molecule has 1 aliphatic rings. The largest absolute Gasteiger partial charge is 0.493 e. The van der Waals surface area contributed by atoms with Gasteiger partial charge in [-0.1, -0.05) is 12.1 Å². The molecule has 2 amide bonds. The number of methoxy groups -OCH3 is 2. The Kier molecular flexibility index (Phi) is 5.81. The third kappa shape index (κ3) is 4.66. The quantitative estimate of drug-likeness (QED) is 0.781. The number of amides is 2. The van der Waals surface area contributed by atoms with E-state index in [-0.39, 0.29) is 6.03 Å². The molecule has 3 rings (SSSR count). The average molecular weight is 360 g/mol. The van der Waals surface area contributed by atoms with E-state index < -0.39 is 0 Å². The van der Waals surface area contributed by atoms with Crippen LogP contribution in [0.4, 0.5) is 4.79 Å². The first-order chi connectivity index (χ1) is 12.2. The van der Waals surface area contributed by atoms with E-state index in [1.807, 2.05) is 29.2 Å². The van der Waals surface area contributed by atoms with E-state index in [2.05, 4.69) is 16.8 Å². The summed E-state index contributed by atoms with van der Waals surface area (Å²) < 4.78 is 10.6. The smallest absolute Gasteiger partial charge is 0.317 e. The van der Waals surface area contributed by atoms with Crippen molar-refractivity contribution in [3.8, 4) is 11.5 Å². The molecule has 0 unspecified atom stereocenters. The van der Waals surface area contributed by atoms with Crippen LogP contribution < -0.4 is 14.8 Å². The zero-order chi connectivity index (χ0) is 17.6. The van der Waals surface area contributed by atoms with Gasteiger partial charge in [0.1, 0.15) is 0 Å². The second-order valence-electron chi connectivity index (χ2n) is 6.11. The maximum Gasteiger partial charge on any atom is 0.317 e. The number of hydrogen-bond donors (Lipinski definition) is 1. The fourth-order valence-corrected chi connectivity index (χ4v) is 3.48. The van der Waals surface area contributed by atoms with E-state index in [0.29, 0.717) is 30.6 Å². The molecule has 0 atom stereocenters. The van der Waals surface area contributed by atoms with Gasteiger partial charge in [-0.2, -0.15) is 0 Å². The SMILES string of the molecule is COc1ccc(CCNC(=O)N(Cc2cccs2)C2CC2)cc1OC. The Morgan fingerprint density at radius 1 is 1.24 bits per heavy atom. The van der Waals surface area contributed by atoms with E-state index in [0.717, 1.165) is 24.8 Å². The van der Waals surface area contributed by atoms with E-state index >= 15 is 0 Å². The van der Waals surface area contributed by atoms with Gasteiger partial charge in [-0.3, -0.25) is 0 Å². The minimum Gasteiger partial charge on any atom is -0.493 e. The average Bonchev–Trinajstić information content (AvgIpc) is 3.34. The molecular formula is C19H24N2O3S. The van der Waals surface area contributed by atoms with Gasteiger partial charge < -0.3 is 19.7 Å². The van der Waals surface area contributed by atoms with E-state index in [1.54, 1.807) is 25.6 Å². The topological polar surface area (TPSA) is 50.8 Å². The number of benzene rings is 1. The second-order valence-corrected chi connectivity index (χ2v) is 7.14. The molecule has 5 nitrogen and oxygen atoms in total. The van der Waals surface area contributed by atoms with Crippen molar-refractivity contribution in [3.05, 3.63) is 46.2 Å². The lowest BCUT2D eigenvalue weighted by molar-refractivity contribution is 0.192. The molecule has 0 spiro atoms. The van der Waals surface area contributed by atoms with Crippen LogP contribution in [-0.4, -0.2) is 37.7 Å². The van der Waals surface area contributed by atoms with E-state index in [9.17, 15) is 4.79 Å². The van der Waals surface area contributed by atoms with Crippen LogP contribution in [0.1, 0.15) is 23.3 Å². The van der Waals surface area contributed by atoms with Crippen LogP contribution in [-0.2, 0) is 13.0 Å². The number of hydrogen-bond acceptors (Lipinski definition) is 4. The highest BCUT2D eigenvalue weighted by molar-refractivity contribution is 7.09. The van der Waals surface area contributed by atoms with Gasteiger partial charge in [-0.25, -0.2) is 4.79 Å². The number of nitrogens with zero attached hydrogens (tertiary/aromatic N) is 1. The second kappa shape index (κ2) is 8.25. The number of carbonyl (C=O) groups is 1. The molecule has 6 heteroatoms. The Morgan fingerprint density at radius 3 is 2.68 bits per heavy atom. The minimum absolute atomic E-state index is 0.0244. The summed E-state index contributed by atoms with van der Waals surface area (Å²) in [5.41, 5.74) is 1.11. The zero-order valence-corrected chi connectivity index (χ0v) is 15.5. The van der Waals surface area contributed by atoms with Crippen molar-refractivity contribution in [3.63, 3.8) is 0 Å². The summed E-state index contributed by atoms with van der Waals surface area (Å²) in [4.78, 5) is 15.7. The molecule has 1 saturated carbocycles. The standard InChI is InChI=1S/C19H24N2O3S/c1-23-17-8-5-14(12-18(17)24-2)9-10-20-19(22)21(15-6-7-15)13-16-4-3-11-25-16/h3-5,8,11-12,15H,6-7,9-10,13H2,1-2H3,(H,20,22). The molecular weight excluding hydrogens is 336 g/mol. The number of carbonyl (C=O) groups excluding carboxylic acids is 1. The van der Waals surface area contributed by atoms with Gasteiger partial charge >= 0.3 is 6.03 Å². The predicted octanol–water partition coefficient (Wildman–Crippen LogP) is 3.68. The van der Waals surface area contributed by atoms with Gasteiger partial charge in [0.2, 0.25) is 0 Å². The van der Waals surface area contributed by atoms with Crippen molar-refractivity contribution < 1.29 is 14.3 Å². The molecule has 2 aromatic rings. The van der Waals surface area contributed by atoms with Crippen LogP contribution in [0.2, 0.25) is 0 Å². The summed E-state index contributed by atoms with van der Waals surface area (Å²) in [5, 5.41) is 5.10. The molecule has 1 aromatic heterocycles. The third-order valence-electron chi connectivity index (χ3n) is 4.29. The molecule has 0 bridgehead atoms. The summed E-state index contributed by atoms with van der Waals surface area (Å²) >= 11 is 1.69. The molecule has 25 heavy (non-hydrogen) atoms. The first-order valence-corrected chi connectivity index (χ1v) is 9.37. The molecule has 1 aliphatic carbocycles. The predicted molar refractivity (Wildman–Crippen MR) is 99.5 cm³/mol. The van der Waals surface area contributed by atoms with Crippen LogP contribution in [0.3, 0.4) is 0 Å². The van der Waals surface area contributed by atoms with Crippen LogP contribution in [0.25, 0.3) is 0 Å². The molecule has 0 radical (unpaired) electrons. The minimum atomic E-state index is 0.0244. The first-order valence-electron chi connectivity index (χ1n) is 8.49. The summed E-state index contributed by atoms with van der Waals surface area (Å²) in [6, 6.07) is 10.4. The van der Waals surface area contributed by atoms with Gasteiger partial charge in [0, 0.05) is 17.5 Å². The van der Waals surface area contributed by atoms with Crippen LogP contribution in [0, 0.1) is 0 Å². The fraction of sp³-hybridized carbons (Fsp3) is 0.421. The van der Waals surface area contributed by atoms with Gasteiger partial charge in [-0.15, -0.1) is 11.3 Å². The number of ether oxygens (including phenoxy) is 2. The van der Waals surface area contributed by atoms with Crippen molar-refractivity contribution in [2.75, 3.05) is 20.8 Å². The lowest BCUT2D eigenvalue weighted by Crippen LogP contribution is -2.41. The summed E-state index contributed by atoms with van der Waals surface area (Å²) in [5.74, 6) is 1.43. The lowest BCUT2D eigenvalue weighted by atomic mass is 10.1. The molecule has 1 fully saturated rings. The first kappa shape index (κ1) is 17.6. The van der Waals surface area contributed by atoms with Crippen LogP contribution in [0.15, 0.2) is 35.7 Å². The Morgan fingerprint density at radius 2 is 2.04 bits per heavy atom. The molecule has 0 saturated heterocycles. The molecule has 1 aromatic carbocycles. The normalized spacial score (nSPS) is 13.4. The van der Waals surface area contributed by atoms with Gasteiger partial charge in [0.15, 0.2) is 11.5 Å².